The summed E-state index contributed by atoms with van der Waals surface area (Å²) in [4.78, 5) is 0. The standard InChI is InChI=1S/C16H33NO/c1-4-8-14(3)12-18-13-16(17-11-5-2)15-9-6-7-10-15/h14-17H,4-13H2,1-3H3. The van der Waals surface area contributed by atoms with Crippen molar-refractivity contribution in [3.63, 3.8) is 0 Å². The molecule has 18 heavy (non-hydrogen) atoms. The number of ether oxygens (including phenoxy) is 1. The maximum absolute atomic E-state index is 5.96. The van der Waals surface area contributed by atoms with Crippen LogP contribution in [-0.4, -0.2) is 25.8 Å². The van der Waals surface area contributed by atoms with E-state index >= 15 is 0 Å². The van der Waals surface area contributed by atoms with E-state index in [-0.39, 0.29) is 0 Å². The van der Waals surface area contributed by atoms with E-state index < -0.39 is 0 Å². The molecular weight excluding hydrogens is 222 g/mol. The van der Waals surface area contributed by atoms with E-state index in [2.05, 4.69) is 26.1 Å². The molecule has 0 heterocycles. The van der Waals surface area contributed by atoms with Crippen LogP contribution in [0.1, 0.15) is 65.7 Å². The summed E-state index contributed by atoms with van der Waals surface area (Å²) >= 11 is 0. The Labute approximate surface area is 114 Å². The Bertz CT molecular complexity index is 190. The molecule has 1 fully saturated rings. The van der Waals surface area contributed by atoms with E-state index in [0.717, 1.165) is 25.7 Å². The first-order chi connectivity index (χ1) is 8.77. The van der Waals surface area contributed by atoms with Gasteiger partial charge in [-0.25, -0.2) is 0 Å². The minimum absolute atomic E-state index is 0.598. The second kappa shape index (κ2) is 9.80. The summed E-state index contributed by atoms with van der Waals surface area (Å²) < 4.78 is 5.96. The largest absolute Gasteiger partial charge is 0.380 e. The summed E-state index contributed by atoms with van der Waals surface area (Å²) in [6.45, 7) is 9.77. The van der Waals surface area contributed by atoms with Gasteiger partial charge >= 0.3 is 0 Å². The fourth-order valence-corrected chi connectivity index (χ4v) is 3.02. The third kappa shape index (κ3) is 6.19. The minimum atomic E-state index is 0.598. The average molecular weight is 255 g/mol. The summed E-state index contributed by atoms with van der Waals surface area (Å²) in [7, 11) is 0. The maximum Gasteiger partial charge on any atom is 0.0622 e. The van der Waals surface area contributed by atoms with E-state index in [9.17, 15) is 0 Å². The normalized spacial score (nSPS) is 20.2. The molecule has 0 aromatic heterocycles. The Kier molecular flexibility index (Phi) is 8.70. The molecule has 1 aliphatic rings. The summed E-state index contributed by atoms with van der Waals surface area (Å²) in [5, 5.41) is 3.69. The zero-order valence-corrected chi connectivity index (χ0v) is 12.7. The summed E-state index contributed by atoms with van der Waals surface area (Å²) in [5.41, 5.74) is 0. The minimum Gasteiger partial charge on any atom is -0.380 e. The molecule has 2 heteroatoms. The smallest absolute Gasteiger partial charge is 0.0622 e. The number of hydrogen-bond acceptors (Lipinski definition) is 2. The van der Waals surface area contributed by atoms with Crippen molar-refractivity contribution < 1.29 is 4.74 Å². The molecule has 1 N–H and O–H groups in total. The highest BCUT2D eigenvalue weighted by Crippen LogP contribution is 2.28. The van der Waals surface area contributed by atoms with Crippen molar-refractivity contribution in [2.75, 3.05) is 19.8 Å². The van der Waals surface area contributed by atoms with Crippen molar-refractivity contribution >= 4 is 0 Å². The van der Waals surface area contributed by atoms with Gasteiger partial charge in [0, 0.05) is 12.6 Å². The summed E-state index contributed by atoms with van der Waals surface area (Å²) in [6, 6.07) is 0.598. The molecule has 0 amide bonds. The van der Waals surface area contributed by atoms with E-state index in [1.165, 1.54) is 44.9 Å². The fourth-order valence-electron chi connectivity index (χ4n) is 3.02. The van der Waals surface area contributed by atoms with Crippen LogP contribution in [0.25, 0.3) is 0 Å². The zero-order chi connectivity index (χ0) is 13.2. The van der Waals surface area contributed by atoms with Crippen LogP contribution in [0.2, 0.25) is 0 Å². The van der Waals surface area contributed by atoms with Gasteiger partial charge in [-0.3, -0.25) is 0 Å². The zero-order valence-electron chi connectivity index (χ0n) is 12.7. The molecule has 2 atom stereocenters. The van der Waals surface area contributed by atoms with Crippen LogP contribution in [0, 0.1) is 11.8 Å². The van der Waals surface area contributed by atoms with Crippen LogP contribution in [0.5, 0.6) is 0 Å². The molecule has 2 nitrogen and oxygen atoms in total. The van der Waals surface area contributed by atoms with Gasteiger partial charge in [-0.15, -0.1) is 0 Å². The molecule has 0 saturated heterocycles. The quantitative estimate of drug-likeness (QED) is 0.637. The van der Waals surface area contributed by atoms with Crippen LogP contribution in [0.3, 0.4) is 0 Å². The van der Waals surface area contributed by atoms with Gasteiger partial charge in [-0.2, -0.15) is 0 Å². The van der Waals surface area contributed by atoms with E-state index in [4.69, 9.17) is 4.74 Å². The molecule has 108 valence electrons. The van der Waals surface area contributed by atoms with Crippen LogP contribution in [0.15, 0.2) is 0 Å². The Hall–Kier alpha value is -0.0800. The van der Waals surface area contributed by atoms with Crippen LogP contribution < -0.4 is 5.32 Å². The predicted octanol–water partition coefficient (Wildman–Crippen LogP) is 4.00. The monoisotopic (exact) mass is 255 g/mol. The highest BCUT2D eigenvalue weighted by atomic mass is 16.5. The van der Waals surface area contributed by atoms with Crippen molar-refractivity contribution in [1.82, 2.24) is 5.32 Å². The first-order valence-corrected chi connectivity index (χ1v) is 8.09. The third-order valence-electron chi connectivity index (χ3n) is 4.11. The third-order valence-corrected chi connectivity index (χ3v) is 4.11. The Morgan fingerprint density at radius 2 is 1.83 bits per heavy atom. The van der Waals surface area contributed by atoms with Crippen LogP contribution >= 0.6 is 0 Å². The van der Waals surface area contributed by atoms with Crippen LogP contribution in [0.4, 0.5) is 0 Å². The predicted molar refractivity (Wildman–Crippen MR) is 78.9 cm³/mol. The number of rotatable bonds is 10. The Morgan fingerprint density at radius 3 is 2.44 bits per heavy atom. The first kappa shape index (κ1) is 16.0. The second-order valence-electron chi connectivity index (χ2n) is 6.04. The highest BCUT2D eigenvalue weighted by Gasteiger charge is 2.24. The van der Waals surface area contributed by atoms with Crippen LogP contribution in [-0.2, 0) is 4.74 Å². The number of nitrogens with one attached hydrogen (secondary N) is 1. The molecular formula is C16H33NO. The summed E-state index contributed by atoms with van der Waals surface area (Å²) in [5.74, 6) is 1.57. The topological polar surface area (TPSA) is 21.3 Å². The second-order valence-corrected chi connectivity index (χ2v) is 6.04. The van der Waals surface area contributed by atoms with Gasteiger partial charge in [0.2, 0.25) is 0 Å². The molecule has 0 aromatic carbocycles. The van der Waals surface area contributed by atoms with E-state index in [1.54, 1.807) is 0 Å². The Morgan fingerprint density at radius 1 is 1.11 bits per heavy atom. The van der Waals surface area contributed by atoms with Gasteiger partial charge in [-0.1, -0.05) is 40.0 Å². The van der Waals surface area contributed by atoms with Crippen molar-refractivity contribution in [2.45, 2.75) is 71.8 Å². The van der Waals surface area contributed by atoms with Gasteiger partial charge < -0.3 is 10.1 Å². The highest BCUT2D eigenvalue weighted by molar-refractivity contribution is 4.80. The molecule has 1 aliphatic carbocycles. The molecule has 0 radical (unpaired) electrons. The van der Waals surface area contributed by atoms with Crippen molar-refractivity contribution in [3.05, 3.63) is 0 Å². The van der Waals surface area contributed by atoms with Crippen molar-refractivity contribution in [2.24, 2.45) is 11.8 Å². The van der Waals surface area contributed by atoms with Gasteiger partial charge in [0.05, 0.1) is 6.61 Å². The van der Waals surface area contributed by atoms with Gasteiger partial charge in [0.25, 0.3) is 0 Å². The van der Waals surface area contributed by atoms with Gasteiger partial charge in [0.1, 0.15) is 0 Å². The molecule has 1 saturated carbocycles. The lowest BCUT2D eigenvalue weighted by molar-refractivity contribution is 0.0695. The molecule has 0 spiro atoms. The van der Waals surface area contributed by atoms with Gasteiger partial charge in [-0.05, 0) is 44.1 Å². The first-order valence-electron chi connectivity index (χ1n) is 8.09. The maximum atomic E-state index is 5.96. The number of hydrogen-bond donors (Lipinski definition) is 1. The molecule has 0 aliphatic heterocycles. The van der Waals surface area contributed by atoms with Crippen molar-refractivity contribution in [3.8, 4) is 0 Å². The molecule has 2 unspecified atom stereocenters. The fraction of sp³-hybridized carbons (Fsp3) is 1.00. The summed E-state index contributed by atoms with van der Waals surface area (Å²) in [6.07, 6.45) is 9.41. The average Bonchev–Trinajstić information content (AvgIpc) is 2.87. The van der Waals surface area contributed by atoms with Gasteiger partial charge in [0.15, 0.2) is 0 Å². The van der Waals surface area contributed by atoms with E-state index in [0.29, 0.717) is 12.0 Å². The van der Waals surface area contributed by atoms with Crippen molar-refractivity contribution in [1.29, 1.82) is 0 Å². The SMILES string of the molecule is CCCNC(COCC(C)CCC)C1CCCC1. The van der Waals surface area contributed by atoms with E-state index in [1.807, 2.05) is 0 Å². The lowest BCUT2D eigenvalue weighted by atomic mass is 9.98. The lowest BCUT2D eigenvalue weighted by Crippen LogP contribution is -2.40. The lowest BCUT2D eigenvalue weighted by Gasteiger charge is -2.25. The molecule has 0 bridgehead atoms. The molecule has 1 rings (SSSR count). The molecule has 0 aromatic rings. The Balaban J connectivity index is 2.22.